The lowest BCUT2D eigenvalue weighted by molar-refractivity contribution is -0.133. The van der Waals surface area contributed by atoms with Crippen LogP contribution < -0.4 is 43.0 Å². The second kappa shape index (κ2) is 39.0. The molecule has 0 saturated carbocycles. The molecule has 0 spiro atoms. The van der Waals surface area contributed by atoms with Gasteiger partial charge in [-0.2, -0.15) is 0 Å². The van der Waals surface area contributed by atoms with Crippen molar-refractivity contribution in [2.75, 3.05) is 110 Å². The Morgan fingerprint density at radius 1 is 0.411 bits per heavy atom. The molecule has 10 N–H and O–H groups in total. The van der Waals surface area contributed by atoms with Crippen LogP contribution >= 0.6 is 46.4 Å². The summed E-state index contributed by atoms with van der Waals surface area (Å²) < 4.78 is 92.3. The molecule has 0 unspecified atom stereocenters. The van der Waals surface area contributed by atoms with E-state index in [1.165, 1.54) is 47.9 Å². The van der Waals surface area contributed by atoms with Gasteiger partial charge >= 0.3 is 12.2 Å². The van der Waals surface area contributed by atoms with Crippen molar-refractivity contribution in [3.8, 4) is 0 Å². The molecule has 5 aromatic carbocycles. The first kappa shape index (κ1) is 93.0. The number of benzene rings is 5. The summed E-state index contributed by atoms with van der Waals surface area (Å²) in [7, 11) is -11.3. The summed E-state index contributed by atoms with van der Waals surface area (Å²) in [6.45, 7) is 23.2. The van der Waals surface area contributed by atoms with E-state index in [0.717, 1.165) is 60.3 Å². The molecule has 129 heavy (non-hydrogen) atoms. The maximum Gasteiger partial charge on any atom is 0.410 e. The van der Waals surface area contributed by atoms with Crippen LogP contribution in [0.25, 0.3) is 44.1 Å². The van der Waals surface area contributed by atoms with Gasteiger partial charge in [0.15, 0.2) is 16.9 Å². The summed E-state index contributed by atoms with van der Waals surface area (Å²) in [5.74, 6) is 2.43. The monoisotopic (exact) mass is 1890 g/mol. The van der Waals surface area contributed by atoms with Gasteiger partial charge in [-0.3, -0.25) is 9.59 Å². The van der Waals surface area contributed by atoms with Crippen LogP contribution in [-0.2, 0) is 49.1 Å². The average molecular weight is 1900 g/mol. The molecule has 0 radical (unpaired) electrons. The van der Waals surface area contributed by atoms with Crippen LogP contribution in [0.5, 0.6) is 0 Å². The highest BCUT2D eigenvalue weighted by Gasteiger charge is 2.37. The number of carbonyl (C=O) groups is 4. The van der Waals surface area contributed by atoms with Crippen molar-refractivity contribution in [1.29, 1.82) is 0 Å². The van der Waals surface area contributed by atoms with E-state index < -0.39 is 41.3 Å². The number of aromatic amines is 1. The average Bonchev–Trinajstić information content (AvgIpc) is 1.63. The second-order valence-electron chi connectivity index (χ2n) is 33.3. The molecule has 4 amide bonds. The number of aromatic nitrogens is 12. The SMILES string of the molecule is CC(C)(C)OC(=O)N1CC(N)C1.Cc1ccc(S(=O)(=O)n2ccc3c(NC4CN(C(=O)CNc5cc(Cl)cc(Cl)c5)C4)ncnc32)cc1.Cc1ccc(S(=O)(=O)n2ccc3c(NC4CN(C(=O)OC(C)(C)C)C4)ncnc32)cc1.Cc1ccc(S(=O)(=O)n2ccc3c(NC4CNC4)ncnc32)cc1.O=C(CNc1cc(Cl)cc(Cl)c1)N1CC(Nc2ncnc3[nH]ccc23)C1. The number of fused-ring (bicyclic) bond motifs is 4. The third kappa shape index (κ3) is 22.7. The van der Waals surface area contributed by atoms with E-state index >= 15 is 0 Å². The Morgan fingerprint density at radius 3 is 1.04 bits per heavy atom. The zero-order valence-electron chi connectivity index (χ0n) is 71.6. The fraction of sp³-hybridized carbons (Fsp3) is 0.326. The van der Waals surface area contributed by atoms with Gasteiger partial charge in [0.1, 0.15) is 65.4 Å². The lowest BCUT2D eigenvalue weighted by Gasteiger charge is -2.40. The fourth-order valence-corrected chi connectivity index (χ4v) is 18.8. The predicted molar refractivity (Wildman–Crippen MR) is 497 cm³/mol. The molecular formula is C86H96Cl4N24O12S3. The number of carbonyl (C=O) groups excluding carboxylic acids is 4. The van der Waals surface area contributed by atoms with Crippen molar-refractivity contribution in [3.63, 3.8) is 0 Å². The number of hydrogen-bond donors (Lipinski definition) is 9. The number of anilines is 6. The third-order valence-electron chi connectivity index (χ3n) is 20.8. The van der Waals surface area contributed by atoms with Gasteiger partial charge < -0.3 is 77.0 Å². The van der Waals surface area contributed by atoms with Gasteiger partial charge in [-0.15, -0.1) is 0 Å². The van der Waals surface area contributed by atoms with Crippen molar-refractivity contribution in [2.24, 2.45) is 5.73 Å². The molecule has 5 saturated heterocycles. The maximum atomic E-state index is 13.2. The normalized spacial score (nSPS) is 15.0. The fourth-order valence-electron chi connectivity index (χ4n) is 13.8. The largest absolute Gasteiger partial charge is 0.444 e. The topological polar surface area (TPSA) is 446 Å². The molecule has 13 aromatic rings. The maximum absolute atomic E-state index is 13.2. The highest BCUT2D eigenvalue weighted by Crippen LogP contribution is 2.33. The van der Waals surface area contributed by atoms with Crippen LogP contribution in [0.1, 0.15) is 58.2 Å². The van der Waals surface area contributed by atoms with E-state index in [1.807, 2.05) is 74.6 Å². The van der Waals surface area contributed by atoms with Crippen molar-refractivity contribution >= 4 is 179 Å². The lowest BCUT2D eigenvalue weighted by Crippen LogP contribution is -2.58. The minimum Gasteiger partial charge on any atom is -0.444 e. The van der Waals surface area contributed by atoms with E-state index in [0.29, 0.717) is 129 Å². The van der Waals surface area contributed by atoms with Gasteiger partial charge in [0.25, 0.3) is 30.1 Å². The number of amides is 4. The Kier molecular flexibility index (Phi) is 28.1. The van der Waals surface area contributed by atoms with Gasteiger partial charge in [0.2, 0.25) is 11.8 Å². The predicted octanol–water partition coefficient (Wildman–Crippen LogP) is 12.0. The smallest absolute Gasteiger partial charge is 0.410 e. The Labute approximate surface area is 764 Å². The van der Waals surface area contributed by atoms with E-state index in [-0.39, 0.29) is 81.6 Å². The van der Waals surface area contributed by atoms with Gasteiger partial charge in [0, 0.05) is 128 Å². The molecule has 5 fully saturated rings. The van der Waals surface area contributed by atoms with E-state index in [9.17, 15) is 44.4 Å². The van der Waals surface area contributed by atoms with Crippen LogP contribution in [-0.4, -0.2) is 246 Å². The number of nitrogens with zero attached hydrogens (tertiary/aromatic N) is 15. The van der Waals surface area contributed by atoms with E-state index in [2.05, 4.69) is 82.1 Å². The number of nitrogens with two attached hydrogens (primary N) is 1. The molecule has 678 valence electrons. The van der Waals surface area contributed by atoms with Gasteiger partial charge in [-0.05, 0) is 159 Å². The minimum absolute atomic E-state index is 0.0114. The Balaban J connectivity index is 0.000000134. The number of halogens is 4. The molecule has 36 nitrogen and oxygen atoms in total. The highest BCUT2D eigenvalue weighted by atomic mass is 35.5. The minimum atomic E-state index is -3.81. The van der Waals surface area contributed by atoms with Crippen LogP contribution in [0.15, 0.2) is 198 Å². The van der Waals surface area contributed by atoms with Gasteiger partial charge in [0.05, 0.1) is 73.5 Å². The molecule has 8 aromatic heterocycles. The highest BCUT2D eigenvalue weighted by molar-refractivity contribution is 7.90. The zero-order valence-corrected chi connectivity index (χ0v) is 77.1. The Morgan fingerprint density at radius 2 is 0.721 bits per heavy atom. The van der Waals surface area contributed by atoms with Crippen LogP contribution in [0.4, 0.5) is 44.2 Å². The summed E-state index contributed by atoms with van der Waals surface area (Å²) >= 11 is 23.9. The van der Waals surface area contributed by atoms with Gasteiger partial charge in [-0.25, -0.2) is 86.6 Å². The Hall–Kier alpha value is -12.2. The first-order valence-electron chi connectivity index (χ1n) is 40.9. The van der Waals surface area contributed by atoms with Gasteiger partial charge in [-0.1, -0.05) is 99.5 Å². The van der Waals surface area contributed by atoms with E-state index in [1.54, 1.807) is 147 Å². The summed E-state index contributed by atoms with van der Waals surface area (Å²) in [5, 5.41) is 27.4. The molecule has 0 aliphatic carbocycles. The molecule has 0 atom stereocenters. The van der Waals surface area contributed by atoms with Crippen molar-refractivity contribution in [1.82, 2.24) is 81.7 Å². The Bertz CT molecular complexity index is 6590. The standard InChI is InChI=1S/C24H22Cl2N6O3S.C21H25N5O4S.C17H16Cl2N6O.C16H17N5O2S.C8H16N2O2/c1-15-2-4-20(5-3-15)36(34,35)32-7-6-21-23(28-14-29-24(21)32)30-19-12-31(13-19)22(33)11-27-18-9-16(25)8-17(26)10-18;1-14-5-7-16(8-6-14)31(28,29)26-10-9-17-18(22-13-23-19(17)26)24-15-11-25(12-15)20(27)30-21(2,3)4;18-10-3-11(19)5-12(4-10)21-6-15(26)25-7-13(8-25)24-17-14-1-2-20-16(14)22-9-23-17;1-11-2-4-13(5-3-11)24(22,23)21-7-6-14-15(18-10-19-16(14)21)20-12-8-17-9-12;1-8(2,3)12-7(11)10-4-6(9)5-10/h2-10,14,19,27H,11-13H2,1H3,(H,28,29,30);5-10,13,15H,11-12H2,1-4H3,(H,22,23,24);1-5,9,13,21H,6-8H2,(H2,20,22,23,24);2-7,10,12,17H,8-9H2,1H3,(H,18,19,20);6H,4-5,9H2,1-3H3. The van der Waals surface area contributed by atoms with Crippen molar-refractivity contribution < 1.29 is 53.9 Å². The van der Waals surface area contributed by atoms with Crippen LogP contribution in [0, 0.1) is 20.8 Å². The lowest BCUT2D eigenvalue weighted by atomic mass is 10.1. The third-order valence-corrected chi connectivity index (χ3v) is 26.7. The summed E-state index contributed by atoms with van der Waals surface area (Å²) in [5.41, 5.74) is 10.7. The molecule has 43 heteroatoms. The van der Waals surface area contributed by atoms with Crippen LogP contribution in [0.3, 0.4) is 0 Å². The number of rotatable bonds is 20. The number of aryl methyl sites for hydroxylation is 3. The number of nitrogens with one attached hydrogen (secondary N) is 8. The van der Waals surface area contributed by atoms with Crippen LogP contribution in [0.2, 0.25) is 20.1 Å². The summed E-state index contributed by atoms with van der Waals surface area (Å²) in [4.78, 5) is 92.4. The summed E-state index contributed by atoms with van der Waals surface area (Å²) in [6, 6.07) is 37.8. The summed E-state index contributed by atoms with van der Waals surface area (Å²) in [6.07, 6.45) is 11.3. The number of hydrogen-bond acceptors (Lipinski definition) is 28. The first-order chi connectivity index (χ1) is 61.3. The second-order valence-corrected chi connectivity index (χ2v) is 40.5. The first-order valence-corrected chi connectivity index (χ1v) is 46.8. The van der Waals surface area contributed by atoms with Crippen molar-refractivity contribution in [3.05, 3.63) is 220 Å². The zero-order chi connectivity index (χ0) is 92.0. The molecular weight excluding hydrogens is 1800 g/mol. The molecule has 13 heterocycles. The number of ether oxygens (including phenoxy) is 2. The van der Waals surface area contributed by atoms with E-state index in [4.69, 9.17) is 61.6 Å². The molecule has 5 aliphatic heterocycles. The van der Waals surface area contributed by atoms with Crippen molar-refractivity contribution in [2.45, 2.75) is 118 Å². The quantitative estimate of drug-likeness (QED) is 0.0342. The number of H-pyrrole nitrogens is 1. The molecule has 18 rings (SSSR count). The number of likely N-dealkylation sites (tertiary alicyclic amines) is 4. The molecule has 0 bridgehead atoms. The molecule has 5 aliphatic rings.